The highest BCUT2D eigenvalue weighted by Crippen LogP contribution is 2.19. The molecule has 0 aromatic rings. The summed E-state index contributed by atoms with van der Waals surface area (Å²) in [6, 6.07) is 0.524. The highest BCUT2D eigenvalue weighted by molar-refractivity contribution is 5.85. The Kier molecular flexibility index (Phi) is 7.42. The Morgan fingerprint density at radius 1 is 1.19 bits per heavy atom. The number of hydrogen-bond acceptors (Lipinski definition) is 4. The fourth-order valence-corrected chi connectivity index (χ4v) is 2.47. The summed E-state index contributed by atoms with van der Waals surface area (Å²) in [7, 11) is 2.00. The molecule has 0 atom stereocenters. The van der Waals surface area contributed by atoms with Gasteiger partial charge in [-0.15, -0.1) is 12.4 Å². The Labute approximate surface area is 132 Å². The molecule has 7 heteroatoms. The third kappa shape index (κ3) is 7.11. The van der Waals surface area contributed by atoms with E-state index in [1.165, 1.54) is 12.8 Å². The van der Waals surface area contributed by atoms with Gasteiger partial charge in [0.25, 0.3) is 0 Å². The molecule has 2 aliphatic heterocycles. The van der Waals surface area contributed by atoms with E-state index in [1.54, 1.807) is 0 Å². The van der Waals surface area contributed by atoms with Crippen LogP contribution in [0.1, 0.15) is 25.7 Å². The number of hydrogen-bond donors (Lipinski definition) is 3. The van der Waals surface area contributed by atoms with E-state index in [2.05, 4.69) is 15.5 Å². The molecule has 1 aliphatic carbocycles. The van der Waals surface area contributed by atoms with E-state index in [0.29, 0.717) is 24.3 Å². The molecule has 3 aliphatic rings. The molecule has 6 nitrogen and oxygen atoms in total. The lowest BCUT2D eigenvalue weighted by Crippen LogP contribution is -2.44. The average Bonchev–Trinajstić information content (AvgIpc) is 3.06. The summed E-state index contributed by atoms with van der Waals surface area (Å²) in [6.45, 7) is 3.95. The van der Waals surface area contributed by atoms with Gasteiger partial charge in [-0.2, -0.15) is 0 Å². The van der Waals surface area contributed by atoms with Gasteiger partial charge in [0.05, 0.1) is 6.42 Å². The van der Waals surface area contributed by atoms with Crippen molar-refractivity contribution in [1.29, 1.82) is 0 Å². The molecule has 122 valence electrons. The van der Waals surface area contributed by atoms with Crippen molar-refractivity contribution < 1.29 is 14.7 Å². The van der Waals surface area contributed by atoms with Crippen molar-refractivity contribution in [2.75, 3.05) is 33.2 Å². The molecule has 1 saturated carbocycles. The SMILES string of the molecule is CN1CC(CC(=O)O)C1.Cl.O=C(CC1CNC1)NC1CC1. The van der Waals surface area contributed by atoms with Crippen molar-refractivity contribution in [3.8, 4) is 0 Å². The van der Waals surface area contributed by atoms with Crippen LogP contribution in [0.3, 0.4) is 0 Å². The fraction of sp³-hybridized carbons (Fsp3) is 0.857. The minimum atomic E-state index is -0.673. The molecule has 1 amide bonds. The summed E-state index contributed by atoms with van der Waals surface area (Å²) in [6.07, 6.45) is 3.44. The molecule has 21 heavy (non-hydrogen) atoms. The number of nitrogens with one attached hydrogen (secondary N) is 2. The second-order valence-corrected chi connectivity index (χ2v) is 6.26. The van der Waals surface area contributed by atoms with Crippen LogP contribution >= 0.6 is 12.4 Å². The standard InChI is InChI=1S/C8H14N2O.C6H11NO2.ClH/c11-8(10-7-1-2-7)3-6-4-9-5-6;1-7-3-5(4-7)2-6(8)9;/h6-7,9H,1-5H2,(H,10,11);5H,2-4H2,1H3,(H,8,9);1H. The first kappa shape index (κ1) is 18.2. The largest absolute Gasteiger partial charge is 0.481 e. The number of halogens is 1. The van der Waals surface area contributed by atoms with Crippen LogP contribution in [0.15, 0.2) is 0 Å². The van der Waals surface area contributed by atoms with Crippen LogP contribution < -0.4 is 10.6 Å². The van der Waals surface area contributed by atoms with Crippen LogP contribution in [-0.4, -0.2) is 61.2 Å². The maximum atomic E-state index is 11.2. The second kappa shape index (κ2) is 8.56. The van der Waals surface area contributed by atoms with Crippen LogP contribution in [-0.2, 0) is 9.59 Å². The molecule has 3 fully saturated rings. The summed E-state index contributed by atoms with van der Waals surface area (Å²) in [5.41, 5.74) is 0. The molecule has 3 N–H and O–H groups in total. The Morgan fingerprint density at radius 3 is 2.19 bits per heavy atom. The van der Waals surface area contributed by atoms with Gasteiger partial charge in [0, 0.05) is 25.6 Å². The van der Waals surface area contributed by atoms with Gasteiger partial charge in [-0.05, 0) is 44.8 Å². The number of carboxylic acid groups (broad SMARTS) is 1. The van der Waals surface area contributed by atoms with Gasteiger partial charge in [-0.3, -0.25) is 9.59 Å². The quantitative estimate of drug-likeness (QED) is 0.680. The summed E-state index contributed by atoms with van der Waals surface area (Å²) in [4.78, 5) is 23.4. The minimum Gasteiger partial charge on any atom is -0.481 e. The molecule has 0 aromatic carbocycles. The average molecular weight is 320 g/mol. The highest BCUT2D eigenvalue weighted by atomic mass is 35.5. The first-order valence-electron chi connectivity index (χ1n) is 7.43. The predicted octanol–water partition coefficient (Wildman–Crippen LogP) is 0.319. The molecule has 0 bridgehead atoms. The number of nitrogens with zero attached hydrogens (tertiary/aromatic N) is 1. The Bertz CT molecular complexity index is 353. The number of likely N-dealkylation sites (tertiary alicyclic amines) is 1. The minimum absolute atomic E-state index is 0. The Hall–Kier alpha value is -0.850. The van der Waals surface area contributed by atoms with Crippen molar-refractivity contribution in [3.05, 3.63) is 0 Å². The number of carboxylic acids is 1. The summed E-state index contributed by atoms with van der Waals surface area (Å²) < 4.78 is 0. The van der Waals surface area contributed by atoms with Crippen molar-refractivity contribution >= 4 is 24.3 Å². The van der Waals surface area contributed by atoms with Gasteiger partial charge in [-0.1, -0.05) is 0 Å². The molecular formula is C14H26ClN3O3. The van der Waals surface area contributed by atoms with E-state index in [1.807, 2.05) is 7.05 Å². The van der Waals surface area contributed by atoms with Crippen molar-refractivity contribution in [3.63, 3.8) is 0 Å². The molecule has 2 heterocycles. The lowest BCUT2D eigenvalue weighted by atomic mass is 9.98. The van der Waals surface area contributed by atoms with E-state index in [4.69, 9.17) is 5.11 Å². The van der Waals surface area contributed by atoms with Gasteiger partial charge in [0.1, 0.15) is 0 Å². The van der Waals surface area contributed by atoms with Gasteiger partial charge in [0.15, 0.2) is 0 Å². The summed E-state index contributed by atoms with van der Waals surface area (Å²) >= 11 is 0. The van der Waals surface area contributed by atoms with E-state index in [9.17, 15) is 9.59 Å². The molecule has 0 unspecified atom stereocenters. The Morgan fingerprint density at radius 2 is 1.81 bits per heavy atom. The molecule has 0 aromatic heterocycles. The van der Waals surface area contributed by atoms with Gasteiger partial charge >= 0.3 is 5.97 Å². The topological polar surface area (TPSA) is 81.7 Å². The molecular weight excluding hydrogens is 294 g/mol. The monoisotopic (exact) mass is 319 g/mol. The highest BCUT2D eigenvalue weighted by Gasteiger charge is 2.26. The van der Waals surface area contributed by atoms with Crippen LogP contribution in [0.25, 0.3) is 0 Å². The van der Waals surface area contributed by atoms with Crippen LogP contribution in [0.5, 0.6) is 0 Å². The zero-order valence-electron chi connectivity index (χ0n) is 12.5. The van der Waals surface area contributed by atoms with Gasteiger partial charge in [-0.25, -0.2) is 0 Å². The van der Waals surface area contributed by atoms with Crippen LogP contribution in [0, 0.1) is 11.8 Å². The zero-order valence-corrected chi connectivity index (χ0v) is 13.3. The van der Waals surface area contributed by atoms with Crippen molar-refractivity contribution in [1.82, 2.24) is 15.5 Å². The summed E-state index contributed by atoms with van der Waals surface area (Å²) in [5, 5.41) is 14.5. The normalized spacial score (nSPS) is 22.0. The summed E-state index contributed by atoms with van der Waals surface area (Å²) in [5.74, 6) is 0.591. The molecule has 0 spiro atoms. The van der Waals surface area contributed by atoms with E-state index in [-0.39, 0.29) is 18.3 Å². The molecule has 2 saturated heterocycles. The zero-order chi connectivity index (χ0) is 14.5. The predicted molar refractivity (Wildman–Crippen MR) is 82.6 cm³/mol. The lowest BCUT2D eigenvalue weighted by molar-refractivity contribution is -0.139. The number of amides is 1. The van der Waals surface area contributed by atoms with Gasteiger partial charge < -0.3 is 20.6 Å². The molecule has 3 rings (SSSR count). The number of rotatable bonds is 5. The van der Waals surface area contributed by atoms with Crippen LogP contribution in [0.2, 0.25) is 0 Å². The van der Waals surface area contributed by atoms with E-state index >= 15 is 0 Å². The first-order chi connectivity index (χ1) is 9.52. The Balaban J connectivity index is 0.000000205. The molecule has 0 radical (unpaired) electrons. The number of aliphatic carboxylic acids is 1. The smallest absolute Gasteiger partial charge is 0.303 e. The third-order valence-electron chi connectivity index (χ3n) is 3.89. The van der Waals surface area contributed by atoms with E-state index in [0.717, 1.165) is 32.6 Å². The van der Waals surface area contributed by atoms with Gasteiger partial charge in [0.2, 0.25) is 5.91 Å². The lowest BCUT2D eigenvalue weighted by Gasteiger charge is -2.35. The van der Waals surface area contributed by atoms with Crippen LogP contribution in [0.4, 0.5) is 0 Å². The first-order valence-corrected chi connectivity index (χ1v) is 7.43. The van der Waals surface area contributed by atoms with E-state index < -0.39 is 5.97 Å². The fourth-order valence-electron chi connectivity index (χ4n) is 2.47. The van der Waals surface area contributed by atoms with Crippen molar-refractivity contribution in [2.24, 2.45) is 11.8 Å². The number of carbonyl (C=O) groups is 2. The second-order valence-electron chi connectivity index (χ2n) is 6.26. The maximum absolute atomic E-state index is 11.2. The number of carbonyl (C=O) groups excluding carboxylic acids is 1. The maximum Gasteiger partial charge on any atom is 0.303 e. The third-order valence-corrected chi connectivity index (χ3v) is 3.89. The van der Waals surface area contributed by atoms with Crippen molar-refractivity contribution in [2.45, 2.75) is 31.7 Å².